The molecule has 0 amide bonds. The third-order valence-electron chi connectivity index (χ3n) is 4.08. The molecule has 0 aliphatic heterocycles. The molecule has 3 aromatic rings. The Morgan fingerprint density at radius 3 is 2.59 bits per heavy atom. The molecule has 9 heteroatoms. The van der Waals surface area contributed by atoms with Crippen molar-refractivity contribution in [3.8, 4) is 0 Å². The lowest BCUT2D eigenvalue weighted by Gasteiger charge is -2.14. The first-order valence-electron chi connectivity index (χ1n) is 8.61. The predicted molar refractivity (Wildman–Crippen MR) is 121 cm³/mol. The highest BCUT2D eigenvalue weighted by Crippen LogP contribution is 2.30. The lowest BCUT2D eigenvalue weighted by Crippen LogP contribution is -2.20. The van der Waals surface area contributed by atoms with Gasteiger partial charge in [0.25, 0.3) is 0 Å². The van der Waals surface area contributed by atoms with E-state index in [9.17, 15) is 0 Å². The van der Waals surface area contributed by atoms with Gasteiger partial charge in [0, 0.05) is 49.4 Å². The van der Waals surface area contributed by atoms with Gasteiger partial charge >= 0.3 is 0 Å². The molecule has 1 aromatic carbocycles. The van der Waals surface area contributed by atoms with Gasteiger partial charge in [0.1, 0.15) is 0 Å². The smallest absolute Gasteiger partial charge is 0.222 e. The summed E-state index contributed by atoms with van der Waals surface area (Å²) in [5, 5.41) is 7.70. The van der Waals surface area contributed by atoms with Crippen LogP contribution >= 0.6 is 35.0 Å². The van der Waals surface area contributed by atoms with E-state index in [1.54, 1.807) is 35.0 Å². The standard InChI is InChI=1S/C18H24N6S3/c1-12(8-19-17-20-10-14(25-3)11-21-17)9-22-18-23-15-6-5-13(24(2)26-4)7-16(15)27-18/h5-7,10-12H,8-9H2,1-4H3,(H,22,23)(H,19,20,21). The van der Waals surface area contributed by atoms with Crippen molar-refractivity contribution in [3.05, 3.63) is 30.6 Å². The second kappa shape index (κ2) is 9.48. The molecule has 2 heterocycles. The molecule has 0 aliphatic carbocycles. The molecule has 1 unspecified atom stereocenters. The molecule has 0 radical (unpaired) electrons. The molecule has 144 valence electrons. The van der Waals surface area contributed by atoms with E-state index in [-0.39, 0.29) is 0 Å². The Labute approximate surface area is 172 Å². The fourth-order valence-electron chi connectivity index (χ4n) is 2.40. The molecule has 0 aliphatic rings. The minimum absolute atomic E-state index is 0.416. The molecule has 2 aromatic heterocycles. The first-order chi connectivity index (χ1) is 13.1. The molecular formula is C18H24N6S3. The van der Waals surface area contributed by atoms with Crippen molar-refractivity contribution in [1.82, 2.24) is 15.0 Å². The summed E-state index contributed by atoms with van der Waals surface area (Å²) in [4.78, 5) is 14.4. The topological polar surface area (TPSA) is 66.0 Å². The Bertz CT molecular complexity index is 867. The zero-order valence-corrected chi connectivity index (χ0v) is 18.3. The van der Waals surface area contributed by atoms with E-state index in [1.807, 2.05) is 18.6 Å². The van der Waals surface area contributed by atoms with Crippen LogP contribution in [0.15, 0.2) is 35.5 Å². The molecule has 3 rings (SSSR count). The molecule has 6 nitrogen and oxygen atoms in total. The Kier molecular flexibility index (Phi) is 7.03. The van der Waals surface area contributed by atoms with Crippen LogP contribution < -0.4 is 14.9 Å². The van der Waals surface area contributed by atoms with Crippen molar-refractivity contribution >= 4 is 62.0 Å². The first-order valence-corrected chi connectivity index (χ1v) is 11.8. The zero-order valence-electron chi connectivity index (χ0n) is 15.9. The van der Waals surface area contributed by atoms with E-state index in [4.69, 9.17) is 0 Å². The van der Waals surface area contributed by atoms with Crippen LogP contribution in [0.4, 0.5) is 16.8 Å². The fraction of sp³-hybridized carbons (Fsp3) is 0.389. The third kappa shape index (κ3) is 5.40. The summed E-state index contributed by atoms with van der Waals surface area (Å²) in [5.41, 5.74) is 2.23. The van der Waals surface area contributed by atoms with Crippen molar-refractivity contribution in [2.24, 2.45) is 5.92 Å². The zero-order chi connectivity index (χ0) is 19.2. The second-order valence-electron chi connectivity index (χ2n) is 6.16. The lowest BCUT2D eigenvalue weighted by molar-refractivity contribution is 0.645. The van der Waals surface area contributed by atoms with Crippen LogP contribution in [-0.2, 0) is 0 Å². The number of anilines is 3. The molecule has 0 bridgehead atoms. The quantitative estimate of drug-likeness (QED) is 0.382. The van der Waals surface area contributed by atoms with E-state index in [0.717, 1.165) is 28.6 Å². The number of rotatable bonds is 9. The maximum atomic E-state index is 4.68. The van der Waals surface area contributed by atoms with Crippen LogP contribution in [0.2, 0.25) is 0 Å². The molecule has 27 heavy (non-hydrogen) atoms. The number of fused-ring (bicyclic) bond motifs is 1. The molecule has 0 saturated carbocycles. The number of nitrogens with zero attached hydrogens (tertiary/aromatic N) is 4. The number of benzene rings is 1. The summed E-state index contributed by atoms with van der Waals surface area (Å²) in [6.45, 7) is 3.83. The van der Waals surface area contributed by atoms with E-state index in [1.165, 1.54) is 10.4 Å². The van der Waals surface area contributed by atoms with Crippen LogP contribution in [0.25, 0.3) is 10.2 Å². The molecule has 2 N–H and O–H groups in total. The van der Waals surface area contributed by atoms with Crippen LogP contribution in [0, 0.1) is 5.92 Å². The first kappa shape index (κ1) is 20.0. The number of aromatic nitrogens is 3. The second-order valence-corrected chi connectivity index (χ2v) is 8.99. The lowest BCUT2D eigenvalue weighted by atomic mass is 10.2. The van der Waals surface area contributed by atoms with Gasteiger partial charge in [0.05, 0.1) is 10.2 Å². The Morgan fingerprint density at radius 2 is 1.89 bits per heavy atom. The van der Waals surface area contributed by atoms with Crippen LogP contribution in [0.3, 0.4) is 0 Å². The molecule has 0 spiro atoms. The number of nitrogens with one attached hydrogen (secondary N) is 2. The van der Waals surface area contributed by atoms with Gasteiger partial charge in [-0.3, -0.25) is 0 Å². The predicted octanol–water partition coefficient (Wildman–Crippen LogP) is 4.68. The number of thioether (sulfide) groups is 1. The highest BCUT2D eigenvalue weighted by Gasteiger charge is 2.09. The average molecular weight is 421 g/mol. The van der Waals surface area contributed by atoms with Crippen LogP contribution in [0.1, 0.15) is 6.92 Å². The largest absolute Gasteiger partial charge is 0.361 e. The number of hydrogen-bond donors (Lipinski definition) is 2. The number of thiazole rings is 1. The van der Waals surface area contributed by atoms with E-state index in [0.29, 0.717) is 11.9 Å². The highest BCUT2D eigenvalue weighted by molar-refractivity contribution is 7.99. The summed E-state index contributed by atoms with van der Waals surface area (Å²) in [6.07, 6.45) is 7.77. The normalized spacial score (nSPS) is 12.1. The van der Waals surface area contributed by atoms with Crippen molar-refractivity contribution < 1.29 is 0 Å². The fourth-order valence-corrected chi connectivity index (χ4v) is 3.95. The molecule has 0 fully saturated rings. The highest BCUT2D eigenvalue weighted by atomic mass is 32.2. The molecule has 0 saturated heterocycles. The summed E-state index contributed by atoms with van der Waals surface area (Å²) >= 11 is 5.03. The van der Waals surface area contributed by atoms with E-state index >= 15 is 0 Å². The van der Waals surface area contributed by atoms with E-state index < -0.39 is 0 Å². The minimum atomic E-state index is 0.416. The Morgan fingerprint density at radius 1 is 1.15 bits per heavy atom. The third-order valence-corrected chi connectivity index (χ3v) is 6.50. The maximum absolute atomic E-state index is 4.68. The Hall–Kier alpha value is -1.71. The Balaban J connectivity index is 1.52. The average Bonchev–Trinajstić information content (AvgIpc) is 3.12. The summed E-state index contributed by atoms with van der Waals surface area (Å²) < 4.78 is 3.34. The molecule has 1 atom stereocenters. The molecular weight excluding hydrogens is 396 g/mol. The van der Waals surface area contributed by atoms with Crippen molar-refractivity contribution in [2.45, 2.75) is 11.8 Å². The van der Waals surface area contributed by atoms with Crippen molar-refractivity contribution in [2.75, 3.05) is 47.6 Å². The SMILES string of the molecule is CSc1cnc(NCC(C)CNc2nc3ccc(N(C)SC)cc3s2)nc1. The van der Waals surface area contributed by atoms with Crippen LogP contribution in [0.5, 0.6) is 0 Å². The number of hydrogen-bond acceptors (Lipinski definition) is 9. The van der Waals surface area contributed by atoms with Gasteiger partial charge in [0.15, 0.2) is 5.13 Å². The van der Waals surface area contributed by atoms with Gasteiger partial charge in [-0.15, -0.1) is 11.8 Å². The van der Waals surface area contributed by atoms with Gasteiger partial charge in [0.2, 0.25) is 5.95 Å². The maximum Gasteiger partial charge on any atom is 0.222 e. The summed E-state index contributed by atoms with van der Waals surface area (Å²) in [6, 6.07) is 6.38. The monoisotopic (exact) mass is 420 g/mol. The summed E-state index contributed by atoms with van der Waals surface area (Å²) in [5.74, 6) is 1.09. The van der Waals surface area contributed by atoms with Gasteiger partial charge in [-0.1, -0.05) is 30.2 Å². The van der Waals surface area contributed by atoms with Gasteiger partial charge in [-0.2, -0.15) is 0 Å². The van der Waals surface area contributed by atoms with Gasteiger partial charge in [-0.05, 0) is 30.4 Å². The van der Waals surface area contributed by atoms with E-state index in [2.05, 4.69) is 68.3 Å². The summed E-state index contributed by atoms with van der Waals surface area (Å²) in [7, 11) is 2.07. The van der Waals surface area contributed by atoms with Gasteiger partial charge in [-0.25, -0.2) is 15.0 Å². The van der Waals surface area contributed by atoms with Gasteiger partial charge < -0.3 is 14.9 Å². The van der Waals surface area contributed by atoms with Crippen molar-refractivity contribution in [3.63, 3.8) is 0 Å². The van der Waals surface area contributed by atoms with Crippen molar-refractivity contribution in [1.29, 1.82) is 0 Å². The van der Waals surface area contributed by atoms with Crippen LogP contribution in [-0.4, -0.2) is 47.6 Å². The minimum Gasteiger partial charge on any atom is -0.361 e.